The van der Waals surface area contributed by atoms with Crippen LogP contribution >= 0.6 is 0 Å². The Kier molecular flexibility index (Phi) is 12.6. The topological polar surface area (TPSA) is 48.5 Å². The highest BCUT2D eigenvalue weighted by Crippen LogP contribution is 2.51. The molecule has 0 spiro atoms. The quantitative estimate of drug-likeness (QED) is 0.149. The van der Waals surface area contributed by atoms with E-state index in [0.717, 1.165) is 39.1 Å². The Bertz CT molecular complexity index is 4910. The van der Waals surface area contributed by atoms with Gasteiger partial charge in [-0.2, -0.15) is 0 Å². The first-order valence-electron chi connectivity index (χ1n) is 32.3. The standard InChI is InChI=1S/C85H74BN5/c1-82(2,3)60-37-57(38-61(47-60)83(4,5)6)64-33-35-68-79-76(64)74-66(53-29-21-15-22-30-53)41-55(51-25-17-13-18-26-51)43-70(74)90(79)72-45-59(81-88-49-87-50-89-81)46-73-78(72)86(68)69-36-34-65(58-39-62(84(7,8)9)48-63(40-58)85(10,11)12)77-75-67(54-31-23-16-24-32-54)42-56(52-27-19-14-20-28-52)44-71(75)91(73)80(69)77/h13-50H,1-12H3. The summed E-state index contributed by atoms with van der Waals surface area (Å²) < 4.78 is 5.31. The molecule has 5 heterocycles. The van der Waals surface area contributed by atoms with E-state index in [1.165, 1.54) is 127 Å². The van der Waals surface area contributed by atoms with Gasteiger partial charge in [-0.15, -0.1) is 0 Å². The van der Waals surface area contributed by atoms with Crippen molar-refractivity contribution in [3.8, 4) is 89.5 Å². The van der Waals surface area contributed by atoms with Gasteiger partial charge in [-0.25, -0.2) is 15.0 Å². The fourth-order valence-electron chi connectivity index (χ4n) is 14.9. The fourth-order valence-corrected chi connectivity index (χ4v) is 14.9. The van der Waals surface area contributed by atoms with E-state index in [9.17, 15) is 0 Å². The molecule has 14 aromatic rings. The van der Waals surface area contributed by atoms with Crippen LogP contribution in [0.15, 0.2) is 231 Å². The third-order valence-electron chi connectivity index (χ3n) is 19.7. The minimum Gasteiger partial charge on any atom is -0.310 e. The molecule has 0 aliphatic carbocycles. The summed E-state index contributed by atoms with van der Waals surface area (Å²) in [5, 5.41) is 4.96. The summed E-state index contributed by atoms with van der Waals surface area (Å²) in [5.41, 5.74) is 30.9. The second-order valence-electron chi connectivity index (χ2n) is 29.7. The van der Waals surface area contributed by atoms with Crippen LogP contribution in [0.3, 0.4) is 0 Å². The lowest BCUT2D eigenvalue weighted by atomic mass is 9.34. The molecule has 3 aromatic heterocycles. The van der Waals surface area contributed by atoms with Crippen molar-refractivity contribution in [1.29, 1.82) is 0 Å². The Morgan fingerprint density at radius 3 is 1.00 bits per heavy atom. The van der Waals surface area contributed by atoms with Crippen molar-refractivity contribution in [2.75, 3.05) is 0 Å². The van der Waals surface area contributed by atoms with E-state index < -0.39 is 0 Å². The van der Waals surface area contributed by atoms with Gasteiger partial charge < -0.3 is 9.13 Å². The molecule has 11 aromatic carbocycles. The average Bonchev–Trinajstić information content (AvgIpc) is 1.54. The second-order valence-corrected chi connectivity index (χ2v) is 29.7. The van der Waals surface area contributed by atoms with E-state index in [0.29, 0.717) is 5.82 Å². The van der Waals surface area contributed by atoms with Gasteiger partial charge in [-0.1, -0.05) is 265 Å². The molecular formula is C85H74BN5. The number of nitrogens with zero attached hydrogens (tertiary/aromatic N) is 5. The molecule has 6 heteroatoms. The summed E-state index contributed by atoms with van der Waals surface area (Å²) in [6.45, 7) is 28.0. The van der Waals surface area contributed by atoms with Crippen molar-refractivity contribution < 1.29 is 0 Å². The Morgan fingerprint density at radius 1 is 0.297 bits per heavy atom. The lowest BCUT2D eigenvalue weighted by Gasteiger charge is -2.34. The highest BCUT2D eigenvalue weighted by molar-refractivity contribution is 7.00. The SMILES string of the molecule is CC(C)(C)c1cc(-c2ccc3c4c2c2c(-c5ccccc5)cc(-c5ccccc5)cc2n4-c2cc(-c4ncncn4)cc4c2B3c2ccc(-c3cc(C(C)(C)C)cc(C(C)(C)C)c3)c3c5c(-c6ccccc6)cc(-c6ccccc6)cc5n-4c23)cc(C(C)(C)C)c1. The van der Waals surface area contributed by atoms with E-state index in [2.05, 4.69) is 316 Å². The van der Waals surface area contributed by atoms with E-state index in [1.54, 1.807) is 12.7 Å². The molecular weight excluding hydrogens is 1100 g/mol. The van der Waals surface area contributed by atoms with Crippen molar-refractivity contribution >= 4 is 66.7 Å². The number of fused-ring (bicyclic) bond motifs is 10. The van der Waals surface area contributed by atoms with E-state index >= 15 is 0 Å². The number of hydrogen-bond acceptors (Lipinski definition) is 3. The number of hydrogen-bond donors (Lipinski definition) is 0. The predicted molar refractivity (Wildman–Crippen MR) is 386 cm³/mol. The van der Waals surface area contributed by atoms with Crippen LogP contribution < -0.4 is 16.4 Å². The smallest absolute Gasteiger partial charge is 0.252 e. The summed E-state index contributed by atoms with van der Waals surface area (Å²) in [6.07, 6.45) is 3.27. The maximum absolute atomic E-state index is 4.99. The van der Waals surface area contributed by atoms with Crippen LogP contribution in [0, 0.1) is 0 Å². The molecule has 5 nitrogen and oxygen atoms in total. The first kappa shape index (κ1) is 56.3. The summed E-state index contributed by atoms with van der Waals surface area (Å²) in [4.78, 5) is 14.4. The number of rotatable bonds is 7. The van der Waals surface area contributed by atoms with Crippen molar-refractivity contribution in [2.45, 2.75) is 105 Å². The Labute approximate surface area is 535 Å². The molecule has 16 rings (SSSR count). The number of benzene rings is 11. The molecule has 0 saturated heterocycles. The second kappa shape index (κ2) is 20.3. The number of aromatic nitrogens is 5. The van der Waals surface area contributed by atoms with Crippen LogP contribution in [0.5, 0.6) is 0 Å². The van der Waals surface area contributed by atoms with Crippen LogP contribution in [0.1, 0.15) is 105 Å². The zero-order valence-electron chi connectivity index (χ0n) is 54.3. The molecule has 0 N–H and O–H groups in total. The largest absolute Gasteiger partial charge is 0.310 e. The minimum absolute atomic E-state index is 0.0994. The zero-order valence-corrected chi connectivity index (χ0v) is 54.3. The maximum atomic E-state index is 4.99. The summed E-state index contributed by atoms with van der Waals surface area (Å²) in [5.74, 6) is 0.623. The first-order chi connectivity index (χ1) is 43.7. The van der Waals surface area contributed by atoms with Crippen molar-refractivity contribution in [1.82, 2.24) is 24.1 Å². The first-order valence-corrected chi connectivity index (χ1v) is 32.3. The van der Waals surface area contributed by atoms with E-state index in [-0.39, 0.29) is 28.4 Å². The monoisotopic (exact) mass is 1180 g/mol. The lowest BCUT2D eigenvalue weighted by molar-refractivity contribution is 0.568. The third kappa shape index (κ3) is 9.07. The van der Waals surface area contributed by atoms with Crippen LogP contribution in [0.2, 0.25) is 0 Å². The normalized spacial score (nSPS) is 13.0. The Hall–Kier alpha value is -9.91. The van der Waals surface area contributed by atoms with Gasteiger partial charge in [0.25, 0.3) is 6.71 Å². The van der Waals surface area contributed by atoms with Gasteiger partial charge in [0, 0.05) is 38.5 Å². The Morgan fingerprint density at radius 2 is 0.648 bits per heavy atom. The third-order valence-corrected chi connectivity index (χ3v) is 19.7. The lowest BCUT2D eigenvalue weighted by Crippen LogP contribution is -2.59. The Balaban J connectivity index is 1.14. The fraction of sp³-hybridized carbons (Fsp3) is 0.188. The molecule has 442 valence electrons. The summed E-state index contributed by atoms with van der Waals surface area (Å²) in [6, 6.07) is 83.5. The van der Waals surface area contributed by atoms with Crippen molar-refractivity contribution in [3.63, 3.8) is 0 Å². The molecule has 91 heavy (non-hydrogen) atoms. The van der Waals surface area contributed by atoms with Gasteiger partial charge in [0.15, 0.2) is 5.82 Å². The maximum Gasteiger partial charge on any atom is 0.252 e. The molecule has 0 fully saturated rings. The molecule has 0 bridgehead atoms. The average molecular weight is 1180 g/mol. The molecule has 0 saturated carbocycles. The highest BCUT2D eigenvalue weighted by Gasteiger charge is 2.43. The minimum atomic E-state index is -0.182. The molecule has 0 atom stereocenters. The molecule has 2 aliphatic heterocycles. The van der Waals surface area contributed by atoms with Crippen LogP contribution in [0.25, 0.3) is 133 Å². The van der Waals surface area contributed by atoms with Crippen molar-refractivity contribution in [3.05, 3.63) is 253 Å². The van der Waals surface area contributed by atoms with Crippen LogP contribution in [0.4, 0.5) is 0 Å². The molecule has 2 aliphatic rings. The van der Waals surface area contributed by atoms with Gasteiger partial charge in [-0.3, -0.25) is 0 Å². The van der Waals surface area contributed by atoms with Gasteiger partial charge in [0.1, 0.15) is 12.7 Å². The zero-order chi connectivity index (χ0) is 62.6. The van der Waals surface area contributed by atoms with Crippen LogP contribution in [-0.4, -0.2) is 30.8 Å². The summed E-state index contributed by atoms with van der Waals surface area (Å²) in [7, 11) is 0. The predicted octanol–water partition coefficient (Wildman–Crippen LogP) is 20.1. The van der Waals surface area contributed by atoms with Crippen LogP contribution in [-0.2, 0) is 21.7 Å². The molecule has 0 amide bonds. The van der Waals surface area contributed by atoms with Gasteiger partial charge >= 0.3 is 0 Å². The van der Waals surface area contributed by atoms with Crippen molar-refractivity contribution in [2.24, 2.45) is 0 Å². The van der Waals surface area contributed by atoms with Gasteiger partial charge in [0.05, 0.1) is 22.1 Å². The van der Waals surface area contributed by atoms with Gasteiger partial charge in [-0.05, 0) is 163 Å². The van der Waals surface area contributed by atoms with E-state index in [4.69, 9.17) is 9.97 Å². The summed E-state index contributed by atoms with van der Waals surface area (Å²) >= 11 is 0. The van der Waals surface area contributed by atoms with E-state index in [1.807, 2.05) is 0 Å². The molecule has 0 radical (unpaired) electrons. The van der Waals surface area contributed by atoms with Gasteiger partial charge in [0.2, 0.25) is 0 Å². The molecule has 0 unspecified atom stereocenters. The highest BCUT2D eigenvalue weighted by atomic mass is 15.0.